The molecule has 1 aliphatic rings. The molecule has 0 aliphatic carbocycles. The van der Waals surface area contributed by atoms with Crippen molar-refractivity contribution >= 4 is 17.9 Å². The van der Waals surface area contributed by atoms with Gasteiger partial charge in [0.1, 0.15) is 0 Å². The van der Waals surface area contributed by atoms with Crippen molar-refractivity contribution in [1.29, 1.82) is 0 Å². The van der Waals surface area contributed by atoms with E-state index < -0.39 is 0 Å². The van der Waals surface area contributed by atoms with Crippen LogP contribution in [0, 0.1) is 0 Å². The first-order valence-corrected chi connectivity index (χ1v) is 10.6. The molecule has 2 aromatic rings. The van der Waals surface area contributed by atoms with E-state index in [0.717, 1.165) is 36.3 Å². The van der Waals surface area contributed by atoms with Crippen molar-refractivity contribution in [2.75, 3.05) is 13.1 Å². The minimum atomic E-state index is -0.278. The zero-order chi connectivity index (χ0) is 21.5. The summed E-state index contributed by atoms with van der Waals surface area (Å²) in [4.78, 5) is 28.8. The summed E-state index contributed by atoms with van der Waals surface area (Å²) in [6.45, 7) is 9.35. The molecule has 0 aromatic heterocycles. The van der Waals surface area contributed by atoms with Crippen LogP contribution in [0.5, 0.6) is 0 Å². The normalized spacial score (nSPS) is 15.2. The van der Waals surface area contributed by atoms with Gasteiger partial charge in [0.15, 0.2) is 0 Å². The number of nitrogens with one attached hydrogen (secondary N) is 1. The number of rotatable bonds is 8. The summed E-state index contributed by atoms with van der Waals surface area (Å²) in [6, 6.07) is 16.0. The summed E-state index contributed by atoms with van der Waals surface area (Å²) in [7, 11) is 0. The molecule has 2 aromatic carbocycles. The molecule has 0 bridgehead atoms. The van der Waals surface area contributed by atoms with Crippen molar-refractivity contribution in [1.82, 2.24) is 15.1 Å². The molecule has 5 nitrogen and oxygen atoms in total. The summed E-state index contributed by atoms with van der Waals surface area (Å²) < 4.78 is 0. The number of amides is 2. The summed E-state index contributed by atoms with van der Waals surface area (Å²) in [6.07, 6.45) is 3.93. The van der Waals surface area contributed by atoms with Crippen molar-refractivity contribution < 1.29 is 9.59 Å². The van der Waals surface area contributed by atoms with Crippen molar-refractivity contribution in [3.05, 3.63) is 77.0 Å². The van der Waals surface area contributed by atoms with E-state index in [0.29, 0.717) is 6.54 Å². The highest BCUT2D eigenvalue weighted by atomic mass is 16.2. The molecule has 30 heavy (non-hydrogen) atoms. The molecule has 0 fully saturated rings. The number of carbonyl (C=O) groups excluding carboxylic acids is 2. The van der Waals surface area contributed by atoms with Gasteiger partial charge in [-0.05, 0) is 41.4 Å². The summed E-state index contributed by atoms with van der Waals surface area (Å²) >= 11 is 0. The first-order chi connectivity index (χ1) is 14.5. The fraction of sp³-hybridized carbons (Fsp3) is 0.360. The predicted octanol–water partition coefficient (Wildman–Crippen LogP) is 4.11. The molecule has 1 aliphatic heterocycles. The smallest absolute Gasteiger partial charge is 0.223 e. The summed E-state index contributed by atoms with van der Waals surface area (Å²) in [5, 5.41) is 3.01. The Labute approximate surface area is 179 Å². The Kier molecular flexibility index (Phi) is 7.41. The predicted molar refractivity (Wildman–Crippen MR) is 120 cm³/mol. The quantitative estimate of drug-likeness (QED) is 0.719. The molecule has 0 saturated heterocycles. The average Bonchev–Trinajstić information content (AvgIpc) is 2.76. The number of hydrogen-bond donors (Lipinski definition) is 1. The van der Waals surface area contributed by atoms with Gasteiger partial charge in [0.05, 0.1) is 12.5 Å². The standard InChI is InChI=1S/C25H31N3O2/c1-4-27(5-2)18-21-12-10-20(11-13-21)17-26-25(30)16-24-23-9-7-6-8-22(23)14-15-28(24)19(3)29/h6-15,24H,4-5,16-18H2,1-3H3,(H,26,30). The lowest BCUT2D eigenvalue weighted by Gasteiger charge is -2.32. The molecule has 1 N–H and O–H groups in total. The highest BCUT2D eigenvalue weighted by Gasteiger charge is 2.28. The van der Waals surface area contributed by atoms with Crippen LogP contribution in [-0.2, 0) is 22.7 Å². The highest BCUT2D eigenvalue weighted by molar-refractivity contribution is 5.81. The number of fused-ring (bicyclic) bond motifs is 1. The zero-order valence-corrected chi connectivity index (χ0v) is 18.1. The van der Waals surface area contributed by atoms with Crippen LogP contribution >= 0.6 is 0 Å². The Hall–Kier alpha value is -2.92. The number of hydrogen-bond acceptors (Lipinski definition) is 3. The van der Waals surface area contributed by atoms with E-state index in [1.54, 1.807) is 11.1 Å². The van der Waals surface area contributed by atoms with Crippen LogP contribution in [0.3, 0.4) is 0 Å². The minimum absolute atomic E-state index is 0.0661. The second-order valence-corrected chi connectivity index (χ2v) is 7.65. The molecule has 1 heterocycles. The number of benzene rings is 2. The van der Waals surface area contributed by atoms with E-state index in [-0.39, 0.29) is 24.3 Å². The van der Waals surface area contributed by atoms with Crippen LogP contribution in [0.4, 0.5) is 0 Å². The van der Waals surface area contributed by atoms with Crippen molar-refractivity contribution in [2.24, 2.45) is 0 Å². The van der Waals surface area contributed by atoms with Gasteiger partial charge in [0, 0.05) is 26.2 Å². The SMILES string of the molecule is CCN(CC)Cc1ccc(CNC(=O)CC2c3ccccc3C=CN2C(C)=O)cc1. The van der Waals surface area contributed by atoms with Gasteiger partial charge in [-0.15, -0.1) is 0 Å². The Morgan fingerprint density at radius 1 is 1.00 bits per heavy atom. The second-order valence-electron chi connectivity index (χ2n) is 7.65. The van der Waals surface area contributed by atoms with Gasteiger partial charge >= 0.3 is 0 Å². The van der Waals surface area contributed by atoms with Crippen LogP contribution in [0.25, 0.3) is 6.08 Å². The second kappa shape index (κ2) is 10.2. The maximum Gasteiger partial charge on any atom is 0.223 e. The molecule has 1 unspecified atom stereocenters. The van der Waals surface area contributed by atoms with Crippen molar-refractivity contribution in [2.45, 2.75) is 46.3 Å². The van der Waals surface area contributed by atoms with Gasteiger partial charge in [-0.2, -0.15) is 0 Å². The van der Waals surface area contributed by atoms with Crippen molar-refractivity contribution in [3.8, 4) is 0 Å². The maximum atomic E-state index is 12.7. The van der Waals surface area contributed by atoms with Gasteiger partial charge in [-0.3, -0.25) is 14.5 Å². The first kappa shape index (κ1) is 21.8. The zero-order valence-electron chi connectivity index (χ0n) is 18.1. The van der Waals surface area contributed by atoms with Crippen LogP contribution in [0.15, 0.2) is 54.7 Å². The largest absolute Gasteiger partial charge is 0.352 e. The Bertz CT molecular complexity index is 901. The lowest BCUT2D eigenvalue weighted by atomic mass is 9.93. The maximum absolute atomic E-state index is 12.7. The van der Waals surface area contributed by atoms with Crippen LogP contribution in [0.1, 0.15) is 55.5 Å². The van der Waals surface area contributed by atoms with Crippen molar-refractivity contribution in [3.63, 3.8) is 0 Å². The Morgan fingerprint density at radius 2 is 1.67 bits per heavy atom. The monoisotopic (exact) mass is 405 g/mol. The molecule has 1 atom stereocenters. The lowest BCUT2D eigenvalue weighted by molar-refractivity contribution is -0.130. The molecular formula is C25H31N3O2. The van der Waals surface area contributed by atoms with Gasteiger partial charge in [0.25, 0.3) is 0 Å². The molecule has 0 radical (unpaired) electrons. The van der Waals surface area contributed by atoms with E-state index in [1.807, 2.05) is 30.3 Å². The van der Waals surface area contributed by atoms with E-state index in [9.17, 15) is 9.59 Å². The third-order valence-corrected chi connectivity index (χ3v) is 5.66. The minimum Gasteiger partial charge on any atom is -0.352 e. The van der Waals surface area contributed by atoms with Gasteiger partial charge < -0.3 is 10.2 Å². The van der Waals surface area contributed by atoms with E-state index in [1.165, 1.54) is 12.5 Å². The number of nitrogens with zero attached hydrogens (tertiary/aromatic N) is 2. The average molecular weight is 406 g/mol. The Morgan fingerprint density at radius 3 is 2.33 bits per heavy atom. The fourth-order valence-electron chi connectivity index (χ4n) is 3.83. The first-order valence-electron chi connectivity index (χ1n) is 10.6. The molecule has 2 amide bonds. The van der Waals surface area contributed by atoms with E-state index >= 15 is 0 Å². The fourth-order valence-corrected chi connectivity index (χ4v) is 3.83. The van der Waals surface area contributed by atoms with Crippen LogP contribution in [0.2, 0.25) is 0 Å². The van der Waals surface area contributed by atoms with Gasteiger partial charge in [-0.1, -0.05) is 62.4 Å². The van der Waals surface area contributed by atoms with Gasteiger partial charge in [-0.25, -0.2) is 0 Å². The highest BCUT2D eigenvalue weighted by Crippen LogP contribution is 2.32. The van der Waals surface area contributed by atoms with Gasteiger partial charge in [0.2, 0.25) is 11.8 Å². The number of carbonyl (C=O) groups is 2. The Balaban J connectivity index is 1.60. The molecular weight excluding hydrogens is 374 g/mol. The third kappa shape index (κ3) is 5.36. The lowest BCUT2D eigenvalue weighted by Crippen LogP contribution is -2.35. The third-order valence-electron chi connectivity index (χ3n) is 5.66. The molecule has 158 valence electrons. The molecule has 5 heteroatoms. The van der Waals surface area contributed by atoms with E-state index in [4.69, 9.17) is 0 Å². The van der Waals surface area contributed by atoms with Crippen LogP contribution < -0.4 is 5.32 Å². The molecule has 0 saturated carbocycles. The topological polar surface area (TPSA) is 52.7 Å². The summed E-state index contributed by atoms with van der Waals surface area (Å²) in [5.41, 5.74) is 4.40. The summed E-state index contributed by atoms with van der Waals surface area (Å²) in [5.74, 6) is -0.133. The van der Waals surface area contributed by atoms with Crippen LogP contribution in [-0.4, -0.2) is 34.7 Å². The molecule has 0 spiro atoms. The molecule has 3 rings (SSSR count). The van der Waals surface area contributed by atoms with E-state index in [2.05, 4.69) is 48.3 Å².